The van der Waals surface area contributed by atoms with Gasteiger partial charge < -0.3 is 19.5 Å². The van der Waals surface area contributed by atoms with Gasteiger partial charge in [0.25, 0.3) is 0 Å². The highest BCUT2D eigenvalue weighted by molar-refractivity contribution is 5.93. The number of hydrazone groups is 1. The molecule has 2 aromatic carbocycles. The Morgan fingerprint density at radius 2 is 1.69 bits per heavy atom. The van der Waals surface area contributed by atoms with Crippen LogP contribution in [0.25, 0.3) is 0 Å². The van der Waals surface area contributed by atoms with Crippen molar-refractivity contribution in [1.29, 1.82) is 0 Å². The van der Waals surface area contributed by atoms with Crippen LogP contribution in [0.4, 0.5) is 5.69 Å². The number of terminal acetylenes is 1. The van der Waals surface area contributed by atoms with Gasteiger partial charge in [0.1, 0.15) is 12.4 Å². The van der Waals surface area contributed by atoms with Crippen LogP contribution in [0.2, 0.25) is 0 Å². The van der Waals surface area contributed by atoms with E-state index in [1.54, 1.807) is 42.5 Å². The summed E-state index contributed by atoms with van der Waals surface area (Å²) in [6.07, 6.45) is 6.73. The van der Waals surface area contributed by atoms with Crippen LogP contribution in [0.3, 0.4) is 0 Å². The lowest BCUT2D eigenvalue weighted by atomic mass is 10.2. The monoisotopic (exact) mass is 437 g/mol. The second kappa shape index (κ2) is 13.3. The van der Waals surface area contributed by atoms with Crippen LogP contribution < -0.4 is 25.0 Å². The van der Waals surface area contributed by atoms with Crippen molar-refractivity contribution >= 4 is 23.7 Å². The van der Waals surface area contributed by atoms with Crippen LogP contribution in [-0.2, 0) is 9.59 Å². The van der Waals surface area contributed by atoms with E-state index >= 15 is 0 Å². The van der Waals surface area contributed by atoms with Crippen LogP contribution in [-0.4, -0.2) is 37.8 Å². The van der Waals surface area contributed by atoms with E-state index in [1.165, 1.54) is 6.21 Å². The smallest absolute Gasteiger partial charge is 0.240 e. The van der Waals surface area contributed by atoms with Gasteiger partial charge in [0.05, 0.1) is 19.4 Å². The van der Waals surface area contributed by atoms with E-state index in [4.69, 9.17) is 20.6 Å². The number of carbonyl (C=O) groups is 2. The lowest BCUT2D eigenvalue weighted by Gasteiger charge is -2.10. The molecule has 8 nitrogen and oxygen atoms in total. The highest BCUT2D eigenvalue weighted by atomic mass is 16.5. The standard InChI is InChI=1S/C24H27N3O5/c1-4-15-32-21-12-7-18(16-22(21)31-6-3)17-25-27-24(29)14-13-23(28)26-19-8-10-20(11-9-19)30-5-2/h1,7-12,16-17H,5-6,13-15H2,2-3H3,(H,26,28)(H,27,29). The van der Waals surface area contributed by atoms with Gasteiger partial charge in [-0.05, 0) is 61.9 Å². The van der Waals surface area contributed by atoms with Gasteiger partial charge in [-0.2, -0.15) is 5.10 Å². The number of anilines is 1. The van der Waals surface area contributed by atoms with Crippen molar-refractivity contribution < 1.29 is 23.8 Å². The number of benzene rings is 2. The first kappa shape index (κ1) is 24.3. The molecule has 0 saturated heterocycles. The maximum Gasteiger partial charge on any atom is 0.240 e. The summed E-state index contributed by atoms with van der Waals surface area (Å²) in [7, 11) is 0. The van der Waals surface area contributed by atoms with Crippen molar-refractivity contribution in [3.8, 4) is 29.6 Å². The minimum atomic E-state index is -0.373. The molecule has 2 N–H and O–H groups in total. The summed E-state index contributed by atoms with van der Waals surface area (Å²) >= 11 is 0. The van der Waals surface area contributed by atoms with Crippen LogP contribution in [0.1, 0.15) is 32.3 Å². The molecule has 0 spiro atoms. The largest absolute Gasteiger partial charge is 0.494 e. The Balaban J connectivity index is 1.80. The molecule has 2 amide bonds. The molecule has 2 aromatic rings. The molecule has 32 heavy (non-hydrogen) atoms. The highest BCUT2D eigenvalue weighted by Gasteiger charge is 2.08. The maximum absolute atomic E-state index is 12.0. The normalized spacial score (nSPS) is 10.3. The lowest BCUT2D eigenvalue weighted by molar-refractivity contribution is -0.124. The van der Waals surface area contributed by atoms with Crippen molar-refractivity contribution in [3.05, 3.63) is 48.0 Å². The van der Waals surface area contributed by atoms with Crippen molar-refractivity contribution in [1.82, 2.24) is 5.43 Å². The van der Waals surface area contributed by atoms with E-state index in [9.17, 15) is 9.59 Å². The van der Waals surface area contributed by atoms with Gasteiger partial charge >= 0.3 is 0 Å². The first-order valence-corrected chi connectivity index (χ1v) is 10.2. The molecule has 2 rings (SSSR count). The SMILES string of the molecule is C#CCOc1ccc(C=NNC(=O)CCC(=O)Nc2ccc(OCC)cc2)cc1OCC. The van der Waals surface area contributed by atoms with Crippen LogP contribution in [0, 0.1) is 12.3 Å². The van der Waals surface area contributed by atoms with Crippen LogP contribution in [0.15, 0.2) is 47.6 Å². The molecule has 0 aromatic heterocycles. The molecule has 0 radical (unpaired) electrons. The number of hydrogen-bond acceptors (Lipinski definition) is 6. The Kier molecular flexibility index (Phi) is 10.1. The van der Waals surface area contributed by atoms with Crippen molar-refractivity contribution in [2.75, 3.05) is 25.1 Å². The Morgan fingerprint density at radius 1 is 0.969 bits per heavy atom. The average molecular weight is 437 g/mol. The Morgan fingerprint density at radius 3 is 2.38 bits per heavy atom. The molecule has 0 aliphatic heterocycles. The maximum atomic E-state index is 12.0. The van der Waals surface area contributed by atoms with Gasteiger partial charge in [-0.15, -0.1) is 6.42 Å². The van der Waals surface area contributed by atoms with E-state index in [-0.39, 0.29) is 31.3 Å². The molecule has 0 fully saturated rings. The number of nitrogens with one attached hydrogen (secondary N) is 2. The van der Waals surface area contributed by atoms with Crippen molar-refractivity contribution in [2.45, 2.75) is 26.7 Å². The summed E-state index contributed by atoms with van der Waals surface area (Å²) in [6, 6.07) is 12.2. The molecular weight excluding hydrogens is 410 g/mol. The summed E-state index contributed by atoms with van der Waals surface area (Å²) in [5, 5.41) is 6.66. The molecule has 0 unspecified atom stereocenters. The third-order valence-corrected chi connectivity index (χ3v) is 4.01. The first-order chi connectivity index (χ1) is 15.5. The van der Waals surface area contributed by atoms with Gasteiger partial charge in [-0.3, -0.25) is 9.59 Å². The predicted molar refractivity (Wildman–Crippen MR) is 123 cm³/mol. The summed E-state index contributed by atoms with van der Waals surface area (Å²) in [4.78, 5) is 24.0. The molecule has 168 valence electrons. The van der Waals surface area contributed by atoms with E-state index in [0.29, 0.717) is 36.0 Å². The van der Waals surface area contributed by atoms with E-state index in [2.05, 4.69) is 21.8 Å². The number of hydrogen-bond donors (Lipinski definition) is 2. The lowest BCUT2D eigenvalue weighted by Crippen LogP contribution is -2.20. The third-order valence-electron chi connectivity index (χ3n) is 4.01. The van der Waals surface area contributed by atoms with E-state index in [0.717, 1.165) is 5.75 Å². The topological polar surface area (TPSA) is 98.2 Å². The molecule has 0 aliphatic rings. The van der Waals surface area contributed by atoms with Crippen molar-refractivity contribution in [2.24, 2.45) is 5.10 Å². The fraction of sp³-hybridized carbons (Fsp3) is 0.292. The second-order valence-electron chi connectivity index (χ2n) is 6.43. The number of amides is 2. The number of carbonyl (C=O) groups excluding carboxylic acids is 2. The molecular formula is C24H27N3O5. The fourth-order valence-corrected chi connectivity index (χ4v) is 2.60. The van der Waals surface area contributed by atoms with E-state index < -0.39 is 0 Å². The molecule has 0 heterocycles. The Bertz CT molecular complexity index is 965. The van der Waals surface area contributed by atoms with E-state index in [1.807, 2.05) is 13.8 Å². The quantitative estimate of drug-likeness (QED) is 0.301. The van der Waals surface area contributed by atoms with Crippen LogP contribution >= 0.6 is 0 Å². The van der Waals surface area contributed by atoms with Gasteiger partial charge in [0.2, 0.25) is 11.8 Å². The predicted octanol–water partition coefficient (Wildman–Crippen LogP) is 3.37. The number of nitrogens with zero attached hydrogens (tertiary/aromatic N) is 1. The molecule has 0 bridgehead atoms. The minimum Gasteiger partial charge on any atom is -0.494 e. The Labute approximate surface area is 187 Å². The molecule has 0 saturated carbocycles. The number of ether oxygens (including phenoxy) is 3. The summed E-state index contributed by atoms with van der Waals surface area (Å²) in [5.41, 5.74) is 3.75. The van der Waals surface area contributed by atoms with Crippen molar-refractivity contribution in [3.63, 3.8) is 0 Å². The summed E-state index contributed by atoms with van der Waals surface area (Å²) < 4.78 is 16.3. The summed E-state index contributed by atoms with van der Waals surface area (Å²) in [6.45, 7) is 4.93. The molecule has 0 aliphatic carbocycles. The first-order valence-electron chi connectivity index (χ1n) is 10.2. The minimum absolute atomic E-state index is 0.00324. The van der Waals surface area contributed by atoms with Crippen LogP contribution in [0.5, 0.6) is 17.2 Å². The second-order valence-corrected chi connectivity index (χ2v) is 6.43. The van der Waals surface area contributed by atoms with Gasteiger partial charge in [0.15, 0.2) is 11.5 Å². The Hall–Kier alpha value is -3.99. The highest BCUT2D eigenvalue weighted by Crippen LogP contribution is 2.28. The van der Waals surface area contributed by atoms with Gasteiger partial charge in [-0.25, -0.2) is 5.43 Å². The fourth-order valence-electron chi connectivity index (χ4n) is 2.60. The zero-order valence-corrected chi connectivity index (χ0v) is 18.2. The van der Waals surface area contributed by atoms with Gasteiger partial charge in [0, 0.05) is 18.5 Å². The van der Waals surface area contributed by atoms with Gasteiger partial charge in [-0.1, -0.05) is 5.92 Å². The third kappa shape index (κ3) is 8.40. The zero-order chi connectivity index (χ0) is 23.2. The molecule has 0 atom stereocenters. The average Bonchev–Trinajstić information content (AvgIpc) is 2.79. The number of rotatable bonds is 12. The summed E-state index contributed by atoms with van der Waals surface area (Å²) in [5.74, 6) is 3.55. The molecule has 8 heteroatoms. The zero-order valence-electron chi connectivity index (χ0n) is 18.2.